The maximum Gasteiger partial charge on any atom is 0.173 e. The Morgan fingerprint density at radius 2 is 1.54 bits per heavy atom. The van der Waals surface area contributed by atoms with Gasteiger partial charge in [0.2, 0.25) is 0 Å². The molecule has 0 bridgehead atoms. The molecule has 0 aromatic heterocycles. The van der Waals surface area contributed by atoms with Gasteiger partial charge in [0.05, 0.1) is 0 Å². The van der Waals surface area contributed by atoms with Crippen molar-refractivity contribution in [2.45, 2.75) is 20.8 Å². The molecule has 126 valence electrons. The molecule has 1 N–H and O–H groups in total. The monoisotopic (exact) mass is 339 g/mol. The van der Waals surface area contributed by atoms with Crippen LogP contribution in [-0.2, 0) is 0 Å². The summed E-state index contributed by atoms with van der Waals surface area (Å²) in [6, 6.07) is 14.8. The topological polar surface area (TPSA) is 18.5 Å². The Morgan fingerprint density at radius 1 is 0.875 bits per heavy atom. The van der Waals surface area contributed by atoms with Gasteiger partial charge in [0, 0.05) is 37.6 Å². The van der Waals surface area contributed by atoms with E-state index in [1.54, 1.807) is 0 Å². The predicted octanol–water partition coefficient (Wildman–Crippen LogP) is 4.13. The molecule has 0 amide bonds. The van der Waals surface area contributed by atoms with Gasteiger partial charge in [-0.3, -0.25) is 0 Å². The van der Waals surface area contributed by atoms with Gasteiger partial charge in [-0.1, -0.05) is 30.3 Å². The van der Waals surface area contributed by atoms with Gasteiger partial charge in [-0.2, -0.15) is 0 Å². The van der Waals surface area contributed by atoms with E-state index in [1.165, 1.54) is 22.4 Å². The number of piperazine rings is 1. The molecule has 3 nitrogen and oxygen atoms in total. The standard InChI is InChI=1S/C20H25N3S/c1-15-8-6-10-19(17(15)3)22-11-13-23(14-12-22)20(24)21-18-9-5-4-7-16(18)2/h4-10H,11-14H2,1-3H3,(H,21,24). The lowest BCUT2D eigenvalue weighted by molar-refractivity contribution is 0.390. The van der Waals surface area contributed by atoms with E-state index in [9.17, 15) is 0 Å². The fourth-order valence-electron chi connectivity index (χ4n) is 3.14. The molecule has 1 saturated heterocycles. The molecule has 1 fully saturated rings. The number of hydrogen-bond acceptors (Lipinski definition) is 2. The fraction of sp³-hybridized carbons (Fsp3) is 0.350. The number of rotatable bonds is 2. The Morgan fingerprint density at radius 3 is 2.25 bits per heavy atom. The molecule has 24 heavy (non-hydrogen) atoms. The molecule has 1 aliphatic rings. The van der Waals surface area contributed by atoms with Crippen LogP contribution in [0.1, 0.15) is 16.7 Å². The van der Waals surface area contributed by atoms with Crippen LogP contribution in [0.5, 0.6) is 0 Å². The molecule has 2 aromatic rings. The Bertz CT molecular complexity index is 733. The third-order valence-electron chi connectivity index (χ3n) is 4.87. The van der Waals surface area contributed by atoms with Gasteiger partial charge in [-0.15, -0.1) is 0 Å². The number of aryl methyl sites for hydroxylation is 2. The Kier molecular flexibility index (Phi) is 5.05. The summed E-state index contributed by atoms with van der Waals surface area (Å²) in [6.45, 7) is 10.4. The van der Waals surface area contributed by atoms with Gasteiger partial charge in [-0.25, -0.2) is 0 Å². The second kappa shape index (κ2) is 7.22. The summed E-state index contributed by atoms with van der Waals surface area (Å²) in [4.78, 5) is 4.73. The van der Waals surface area contributed by atoms with Crippen molar-refractivity contribution in [1.29, 1.82) is 0 Å². The van der Waals surface area contributed by atoms with Crippen LogP contribution in [0.3, 0.4) is 0 Å². The molecule has 2 aromatic carbocycles. The Hall–Kier alpha value is -2.07. The largest absolute Gasteiger partial charge is 0.368 e. The molecular formula is C20H25N3S. The highest BCUT2D eigenvalue weighted by atomic mass is 32.1. The first kappa shape index (κ1) is 16.8. The van der Waals surface area contributed by atoms with Crippen molar-refractivity contribution in [2.24, 2.45) is 0 Å². The molecule has 1 aliphatic heterocycles. The summed E-state index contributed by atoms with van der Waals surface area (Å²) >= 11 is 5.61. The average molecular weight is 340 g/mol. The van der Waals surface area contributed by atoms with E-state index >= 15 is 0 Å². The number of nitrogens with one attached hydrogen (secondary N) is 1. The van der Waals surface area contributed by atoms with Crippen molar-refractivity contribution < 1.29 is 0 Å². The minimum Gasteiger partial charge on any atom is -0.368 e. The predicted molar refractivity (Wildman–Crippen MR) is 107 cm³/mol. The van der Waals surface area contributed by atoms with Crippen LogP contribution in [0.4, 0.5) is 11.4 Å². The minimum absolute atomic E-state index is 0.824. The van der Waals surface area contributed by atoms with Gasteiger partial charge < -0.3 is 15.1 Å². The molecular weight excluding hydrogens is 314 g/mol. The minimum atomic E-state index is 0.824. The zero-order valence-corrected chi connectivity index (χ0v) is 15.5. The van der Waals surface area contributed by atoms with E-state index in [0.717, 1.165) is 37.0 Å². The zero-order chi connectivity index (χ0) is 17.1. The summed E-state index contributed by atoms with van der Waals surface area (Å²) in [6.07, 6.45) is 0. The van der Waals surface area contributed by atoms with Crippen molar-refractivity contribution in [2.75, 3.05) is 36.4 Å². The Labute approximate surface area is 150 Å². The first-order chi connectivity index (χ1) is 11.6. The Balaban J connectivity index is 1.62. The third kappa shape index (κ3) is 3.54. The third-order valence-corrected chi connectivity index (χ3v) is 5.23. The maximum atomic E-state index is 5.61. The number of anilines is 2. The first-order valence-electron chi connectivity index (χ1n) is 8.49. The normalized spacial score (nSPS) is 14.6. The van der Waals surface area contributed by atoms with Crippen molar-refractivity contribution in [1.82, 2.24) is 4.90 Å². The second-order valence-corrected chi connectivity index (χ2v) is 6.82. The highest BCUT2D eigenvalue weighted by molar-refractivity contribution is 7.80. The molecule has 3 rings (SSSR count). The highest BCUT2D eigenvalue weighted by Gasteiger charge is 2.20. The van der Waals surface area contributed by atoms with Crippen molar-refractivity contribution in [3.05, 3.63) is 59.2 Å². The molecule has 4 heteroatoms. The molecule has 0 unspecified atom stereocenters. The van der Waals surface area contributed by atoms with Gasteiger partial charge in [0.15, 0.2) is 5.11 Å². The quantitative estimate of drug-likeness (QED) is 0.829. The van der Waals surface area contributed by atoms with E-state index in [-0.39, 0.29) is 0 Å². The smallest absolute Gasteiger partial charge is 0.173 e. The van der Waals surface area contributed by atoms with Gasteiger partial charge in [-0.05, 0) is 61.8 Å². The van der Waals surface area contributed by atoms with E-state index < -0.39 is 0 Å². The number of thiocarbonyl (C=S) groups is 1. The van der Waals surface area contributed by atoms with E-state index in [1.807, 2.05) is 12.1 Å². The summed E-state index contributed by atoms with van der Waals surface area (Å²) in [5, 5.41) is 4.22. The molecule has 0 radical (unpaired) electrons. The van der Waals surface area contributed by atoms with Crippen LogP contribution in [0, 0.1) is 20.8 Å². The number of hydrogen-bond donors (Lipinski definition) is 1. The lowest BCUT2D eigenvalue weighted by Crippen LogP contribution is -2.50. The molecule has 1 heterocycles. The molecule has 0 aliphatic carbocycles. The van der Waals surface area contributed by atoms with Gasteiger partial charge >= 0.3 is 0 Å². The van der Waals surface area contributed by atoms with Crippen LogP contribution in [0.25, 0.3) is 0 Å². The second-order valence-electron chi connectivity index (χ2n) is 6.44. The van der Waals surface area contributed by atoms with E-state index in [0.29, 0.717) is 0 Å². The fourth-order valence-corrected chi connectivity index (χ4v) is 3.43. The number of nitrogens with zero attached hydrogens (tertiary/aromatic N) is 2. The highest BCUT2D eigenvalue weighted by Crippen LogP contribution is 2.24. The van der Waals surface area contributed by atoms with Crippen LogP contribution < -0.4 is 10.2 Å². The average Bonchev–Trinajstić information content (AvgIpc) is 2.59. The van der Waals surface area contributed by atoms with Crippen LogP contribution in [0.15, 0.2) is 42.5 Å². The summed E-state index contributed by atoms with van der Waals surface area (Å²) in [5.41, 5.74) is 6.40. The summed E-state index contributed by atoms with van der Waals surface area (Å²) in [5.74, 6) is 0. The lowest BCUT2D eigenvalue weighted by Gasteiger charge is -2.38. The van der Waals surface area contributed by atoms with Gasteiger partial charge in [0.1, 0.15) is 0 Å². The summed E-state index contributed by atoms with van der Waals surface area (Å²) < 4.78 is 0. The van der Waals surface area contributed by atoms with Crippen molar-refractivity contribution in [3.8, 4) is 0 Å². The van der Waals surface area contributed by atoms with Crippen LogP contribution in [0.2, 0.25) is 0 Å². The number of benzene rings is 2. The van der Waals surface area contributed by atoms with Gasteiger partial charge in [0.25, 0.3) is 0 Å². The van der Waals surface area contributed by atoms with Crippen molar-refractivity contribution in [3.63, 3.8) is 0 Å². The van der Waals surface area contributed by atoms with Crippen LogP contribution in [-0.4, -0.2) is 36.2 Å². The van der Waals surface area contributed by atoms with E-state index in [4.69, 9.17) is 12.2 Å². The lowest BCUT2D eigenvalue weighted by atomic mass is 10.1. The molecule has 0 atom stereocenters. The zero-order valence-electron chi connectivity index (χ0n) is 14.7. The number of para-hydroxylation sites is 1. The van der Waals surface area contributed by atoms with E-state index in [2.05, 4.69) is 66.2 Å². The van der Waals surface area contributed by atoms with Crippen LogP contribution >= 0.6 is 12.2 Å². The molecule has 0 spiro atoms. The maximum absolute atomic E-state index is 5.61. The first-order valence-corrected chi connectivity index (χ1v) is 8.90. The van der Waals surface area contributed by atoms with Crippen molar-refractivity contribution >= 4 is 28.7 Å². The SMILES string of the molecule is Cc1ccccc1NC(=S)N1CCN(c2cccc(C)c2C)CC1. The summed E-state index contributed by atoms with van der Waals surface area (Å²) in [7, 11) is 0. The molecule has 0 saturated carbocycles.